The molecule has 0 radical (unpaired) electrons. The molecule has 0 saturated carbocycles. The third kappa shape index (κ3) is 5.12. The summed E-state index contributed by atoms with van der Waals surface area (Å²) in [5.41, 5.74) is 3.38. The van der Waals surface area contributed by atoms with Crippen molar-refractivity contribution in [3.8, 4) is 0 Å². The predicted octanol–water partition coefficient (Wildman–Crippen LogP) is 4.85. The van der Waals surface area contributed by atoms with E-state index in [1.807, 2.05) is 18.2 Å². The second kappa shape index (κ2) is 9.82. The Labute approximate surface area is 188 Å². The highest BCUT2D eigenvalue weighted by Crippen LogP contribution is 2.23. The lowest BCUT2D eigenvalue weighted by Crippen LogP contribution is -2.38. The molecule has 1 aliphatic heterocycles. The van der Waals surface area contributed by atoms with Crippen molar-refractivity contribution in [2.24, 2.45) is 4.99 Å². The van der Waals surface area contributed by atoms with Crippen molar-refractivity contribution in [2.75, 3.05) is 25.0 Å². The zero-order valence-corrected chi connectivity index (χ0v) is 19.1. The molecule has 1 unspecified atom stereocenters. The molecule has 0 amide bonds. The van der Waals surface area contributed by atoms with Crippen molar-refractivity contribution in [2.45, 2.75) is 19.5 Å². The average Bonchev–Trinajstić information content (AvgIpc) is 3.41. The summed E-state index contributed by atoms with van der Waals surface area (Å²) in [4.78, 5) is 6.70. The van der Waals surface area contributed by atoms with E-state index in [2.05, 4.69) is 76.0 Å². The van der Waals surface area contributed by atoms with Gasteiger partial charge in [0.25, 0.3) is 0 Å². The number of fused-ring (bicyclic) bond motifs is 1. The lowest BCUT2D eigenvalue weighted by Gasteiger charge is -2.19. The maximum Gasteiger partial charge on any atom is 0.191 e. The van der Waals surface area contributed by atoms with Crippen LogP contribution in [0.1, 0.15) is 24.3 Å². The Kier molecular flexibility index (Phi) is 7.19. The quantitative estimate of drug-likeness (QED) is 0.227. The second-order valence-electron chi connectivity index (χ2n) is 7.02. The van der Waals surface area contributed by atoms with Gasteiger partial charge in [0.1, 0.15) is 11.3 Å². The summed E-state index contributed by atoms with van der Waals surface area (Å²) in [5, 5.41) is 7.92. The maximum absolute atomic E-state index is 5.95. The van der Waals surface area contributed by atoms with Gasteiger partial charge in [0.15, 0.2) is 5.96 Å². The van der Waals surface area contributed by atoms with Gasteiger partial charge in [0, 0.05) is 37.8 Å². The fraction of sp³-hybridized carbons (Fsp3) is 0.261. The number of nitrogens with zero attached hydrogens (tertiary/aromatic N) is 2. The Balaban J connectivity index is 0.00000240. The van der Waals surface area contributed by atoms with Crippen molar-refractivity contribution in [3.63, 3.8) is 0 Å². The van der Waals surface area contributed by atoms with Gasteiger partial charge in [0.05, 0.1) is 6.04 Å². The van der Waals surface area contributed by atoms with Gasteiger partial charge in [-0.3, -0.25) is 4.99 Å². The Hall–Kier alpha value is -2.48. The number of furan rings is 1. The van der Waals surface area contributed by atoms with E-state index in [9.17, 15) is 0 Å². The highest BCUT2D eigenvalue weighted by molar-refractivity contribution is 14.0. The lowest BCUT2D eigenvalue weighted by molar-refractivity contribution is 0.488. The van der Waals surface area contributed by atoms with Crippen LogP contribution in [0.5, 0.6) is 0 Å². The minimum Gasteiger partial charge on any atom is -0.459 e. The molecule has 1 aromatic heterocycles. The first-order chi connectivity index (χ1) is 13.7. The summed E-state index contributed by atoms with van der Waals surface area (Å²) in [6, 6.07) is 18.8. The topological polar surface area (TPSA) is 52.8 Å². The molecular weight excluding hydrogens is 475 g/mol. The molecule has 0 saturated heterocycles. The number of para-hydroxylation sites is 1. The predicted molar refractivity (Wildman–Crippen MR) is 131 cm³/mol. The third-order valence-corrected chi connectivity index (χ3v) is 5.00. The van der Waals surface area contributed by atoms with E-state index < -0.39 is 0 Å². The number of aliphatic imine (C=N–C) groups is 1. The highest BCUT2D eigenvalue weighted by atomic mass is 127. The van der Waals surface area contributed by atoms with Gasteiger partial charge in [-0.05, 0) is 36.8 Å². The van der Waals surface area contributed by atoms with Crippen LogP contribution in [0.3, 0.4) is 0 Å². The molecule has 2 N–H and O–H groups in total. The van der Waals surface area contributed by atoms with E-state index in [0.29, 0.717) is 6.54 Å². The minimum atomic E-state index is 0. The van der Waals surface area contributed by atoms with Crippen molar-refractivity contribution in [1.29, 1.82) is 0 Å². The fourth-order valence-electron chi connectivity index (χ4n) is 3.42. The molecule has 2 aromatic carbocycles. The van der Waals surface area contributed by atoms with E-state index >= 15 is 0 Å². The summed E-state index contributed by atoms with van der Waals surface area (Å²) < 4.78 is 5.95. The number of nitrogens with one attached hydrogen (secondary N) is 2. The maximum atomic E-state index is 5.95. The number of halogens is 1. The van der Waals surface area contributed by atoms with E-state index in [0.717, 1.165) is 35.8 Å². The SMILES string of the molecule is CN=C(NCc1cccc(N2CC=CC2)c1)NC(C)c1cc2ccccc2o1.I. The smallest absolute Gasteiger partial charge is 0.191 e. The summed E-state index contributed by atoms with van der Waals surface area (Å²) in [5.74, 6) is 1.65. The van der Waals surface area contributed by atoms with Gasteiger partial charge in [-0.2, -0.15) is 0 Å². The van der Waals surface area contributed by atoms with E-state index in [1.165, 1.54) is 11.3 Å². The van der Waals surface area contributed by atoms with E-state index in [1.54, 1.807) is 7.05 Å². The molecule has 3 aromatic rings. The first-order valence-corrected chi connectivity index (χ1v) is 9.67. The normalized spacial score (nSPS) is 14.7. The van der Waals surface area contributed by atoms with Gasteiger partial charge >= 0.3 is 0 Å². The Morgan fingerprint density at radius 3 is 2.66 bits per heavy atom. The Morgan fingerprint density at radius 2 is 1.90 bits per heavy atom. The minimum absolute atomic E-state index is 0. The third-order valence-electron chi connectivity index (χ3n) is 5.00. The van der Waals surface area contributed by atoms with E-state index in [-0.39, 0.29) is 30.0 Å². The molecule has 5 nitrogen and oxygen atoms in total. The van der Waals surface area contributed by atoms with Crippen LogP contribution < -0.4 is 15.5 Å². The monoisotopic (exact) mass is 502 g/mol. The standard InChI is InChI=1S/C23H26N4O.HI/c1-17(22-15-19-9-3-4-11-21(19)28-22)26-23(24-2)25-16-18-8-7-10-20(14-18)27-12-5-6-13-27;/h3-11,14-15,17H,12-13,16H2,1-2H3,(H2,24,25,26);1H. The van der Waals surface area contributed by atoms with Gasteiger partial charge < -0.3 is 20.0 Å². The zero-order valence-electron chi connectivity index (χ0n) is 16.8. The summed E-state index contributed by atoms with van der Waals surface area (Å²) in [7, 11) is 1.78. The summed E-state index contributed by atoms with van der Waals surface area (Å²) >= 11 is 0. The fourth-order valence-corrected chi connectivity index (χ4v) is 3.42. The van der Waals surface area contributed by atoms with Gasteiger partial charge in [0.2, 0.25) is 0 Å². The first kappa shape index (κ1) is 21.2. The lowest BCUT2D eigenvalue weighted by atomic mass is 10.2. The molecule has 0 spiro atoms. The Morgan fingerprint density at radius 1 is 1.10 bits per heavy atom. The number of hydrogen-bond donors (Lipinski definition) is 2. The second-order valence-corrected chi connectivity index (χ2v) is 7.02. The molecule has 0 fully saturated rings. The Bertz CT molecular complexity index is 970. The molecule has 0 bridgehead atoms. The van der Waals surface area contributed by atoms with Crippen LogP contribution in [-0.4, -0.2) is 26.1 Å². The number of anilines is 1. The molecule has 1 atom stereocenters. The average molecular weight is 502 g/mol. The van der Waals surface area contributed by atoms with Crippen LogP contribution in [0.2, 0.25) is 0 Å². The van der Waals surface area contributed by atoms with Crippen molar-refractivity contribution in [1.82, 2.24) is 10.6 Å². The molecule has 2 heterocycles. The number of hydrogen-bond acceptors (Lipinski definition) is 3. The molecule has 0 aliphatic carbocycles. The summed E-state index contributed by atoms with van der Waals surface area (Å²) in [6.07, 6.45) is 4.41. The molecular formula is C23H27IN4O. The summed E-state index contributed by atoms with van der Waals surface area (Å²) in [6.45, 7) is 4.75. The van der Waals surface area contributed by atoms with Crippen LogP contribution in [0.4, 0.5) is 5.69 Å². The largest absolute Gasteiger partial charge is 0.459 e. The van der Waals surface area contributed by atoms with Crippen LogP contribution >= 0.6 is 24.0 Å². The number of rotatable bonds is 5. The van der Waals surface area contributed by atoms with Crippen LogP contribution in [0.15, 0.2) is 76.2 Å². The van der Waals surface area contributed by atoms with Crippen LogP contribution in [-0.2, 0) is 6.54 Å². The number of benzene rings is 2. The number of guanidine groups is 1. The first-order valence-electron chi connectivity index (χ1n) is 9.67. The van der Waals surface area contributed by atoms with Crippen LogP contribution in [0.25, 0.3) is 11.0 Å². The highest BCUT2D eigenvalue weighted by Gasteiger charge is 2.13. The van der Waals surface area contributed by atoms with Gasteiger partial charge in [-0.15, -0.1) is 24.0 Å². The molecule has 29 heavy (non-hydrogen) atoms. The molecule has 4 rings (SSSR count). The van der Waals surface area contributed by atoms with Crippen molar-refractivity contribution < 1.29 is 4.42 Å². The molecule has 152 valence electrons. The van der Waals surface area contributed by atoms with Gasteiger partial charge in [-0.25, -0.2) is 0 Å². The van der Waals surface area contributed by atoms with Crippen molar-refractivity contribution >= 4 is 46.6 Å². The van der Waals surface area contributed by atoms with Crippen molar-refractivity contribution in [3.05, 3.63) is 78.1 Å². The molecule has 1 aliphatic rings. The van der Waals surface area contributed by atoms with Gasteiger partial charge in [-0.1, -0.05) is 42.5 Å². The zero-order chi connectivity index (χ0) is 19.3. The van der Waals surface area contributed by atoms with E-state index in [4.69, 9.17) is 4.42 Å². The van der Waals surface area contributed by atoms with Crippen LogP contribution in [0, 0.1) is 0 Å². The molecule has 6 heteroatoms.